The van der Waals surface area contributed by atoms with Crippen molar-refractivity contribution in [3.63, 3.8) is 0 Å². The number of nitrogens with one attached hydrogen (secondary N) is 1. The Kier molecular flexibility index (Phi) is 36.9. The van der Waals surface area contributed by atoms with Gasteiger partial charge in [0.2, 0.25) is 0 Å². The van der Waals surface area contributed by atoms with E-state index in [0.717, 1.165) is 95.5 Å². The third-order valence-electron chi connectivity index (χ3n) is 10.2. The van der Waals surface area contributed by atoms with Gasteiger partial charge in [-0.3, -0.25) is 9.59 Å². The summed E-state index contributed by atoms with van der Waals surface area (Å²) in [6.07, 6.45) is 32.4. The van der Waals surface area contributed by atoms with Crippen LogP contribution in [0.5, 0.6) is 0 Å². The van der Waals surface area contributed by atoms with E-state index in [4.69, 9.17) is 21.7 Å². The Morgan fingerprint density at radius 1 is 0.519 bits per heavy atom. The van der Waals surface area contributed by atoms with Gasteiger partial charge in [-0.25, -0.2) is 0 Å². The first-order valence-corrected chi connectivity index (χ1v) is 22.7. The van der Waals surface area contributed by atoms with E-state index in [9.17, 15) is 9.59 Å². The second-order valence-corrected chi connectivity index (χ2v) is 15.9. The molecule has 7 nitrogen and oxygen atoms in total. The van der Waals surface area contributed by atoms with Gasteiger partial charge in [-0.2, -0.15) is 0 Å². The third kappa shape index (κ3) is 33.2. The quantitative estimate of drug-likeness (QED) is 0.0380. The summed E-state index contributed by atoms with van der Waals surface area (Å²) in [5, 5.41) is 4.16. The molecule has 2 atom stereocenters. The fourth-order valence-corrected chi connectivity index (χ4v) is 6.86. The van der Waals surface area contributed by atoms with Gasteiger partial charge in [-0.1, -0.05) is 124 Å². The first-order valence-electron chi connectivity index (χ1n) is 22.3. The molecule has 0 aliphatic carbocycles. The molecule has 0 radical (unpaired) electrons. The van der Waals surface area contributed by atoms with Gasteiger partial charge in [-0.05, 0) is 109 Å². The molecule has 0 aromatic heterocycles. The molecule has 0 fully saturated rings. The van der Waals surface area contributed by atoms with E-state index in [2.05, 4.69) is 37.9 Å². The van der Waals surface area contributed by atoms with Crippen LogP contribution in [0.3, 0.4) is 0 Å². The van der Waals surface area contributed by atoms with E-state index in [1.165, 1.54) is 109 Å². The van der Waals surface area contributed by atoms with Gasteiger partial charge >= 0.3 is 11.9 Å². The van der Waals surface area contributed by atoms with Crippen molar-refractivity contribution in [2.75, 3.05) is 40.3 Å². The van der Waals surface area contributed by atoms with Crippen molar-refractivity contribution in [1.82, 2.24) is 15.1 Å². The van der Waals surface area contributed by atoms with Crippen molar-refractivity contribution in [2.24, 2.45) is 0 Å². The van der Waals surface area contributed by atoms with Crippen LogP contribution in [0.4, 0.5) is 0 Å². The minimum Gasteiger partial charge on any atom is -0.462 e. The van der Waals surface area contributed by atoms with Gasteiger partial charge in [0.25, 0.3) is 0 Å². The lowest BCUT2D eigenvalue weighted by atomic mass is 10.0. The molecular formula is C44H87N3O4S. The molecule has 2 unspecified atom stereocenters. The average Bonchev–Trinajstić information content (AvgIpc) is 3.13. The summed E-state index contributed by atoms with van der Waals surface area (Å²) >= 11 is 5.40. The minimum absolute atomic E-state index is 0.00603. The Bertz CT molecular complexity index is 827. The highest BCUT2D eigenvalue weighted by atomic mass is 32.1. The zero-order valence-electron chi connectivity index (χ0n) is 35.4. The Morgan fingerprint density at radius 2 is 0.904 bits per heavy atom. The maximum Gasteiger partial charge on any atom is 0.306 e. The van der Waals surface area contributed by atoms with Crippen LogP contribution in [0.2, 0.25) is 0 Å². The highest BCUT2D eigenvalue weighted by molar-refractivity contribution is 7.80. The maximum atomic E-state index is 12.6. The van der Waals surface area contributed by atoms with E-state index in [-0.39, 0.29) is 24.1 Å². The molecule has 8 heteroatoms. The Labute approximate surface area is 328 Å². The van der Waals surface area contributed by atoms with Crippen molar-refractivity contribution in [3.8, 4) is 0 Å². The Hall–Kier alpha value is -1.41. The minimum atomic E-state index is -0.00603. The number of carbonyl (C=O) groups is 2. The summed E-state index contributed by atoms with van der Waals surface area (Å²) in [5.74, 6) is 0.00701. The smallest absolute Gasteiger partial charge is 0.306 e. The topological polar surface area (TPSA) is 71.1 Å². The van der Waals surface area contributed by atoms with Gasteiger partial charge in [-0.15, -0.1) is 0 Å². The van der Waals surface area contributed by atoms with Crippen molar-refractivity contribution in [2.45, 2.75) is 226 Å². The molecule has 1 N–H and O–H groups in total. The van der Waals surface area contributed by atoms with Crippen LogP contribution in [-0.4, -0.2) is 79.3 Å². The molecule has 0 aliphatic heterocycles. The Morgan fingerprint density at radius 3 is 1.42 bits per heavy atom. The molecule has 0 aromatic carbocycles. The highest BCUT2D eigenvalue weighted by Gasteiger charge is 2.15. The third-order valence-corrected chi connectivity index (χ3v) is 10.7. The lowest BCUT2D eigenvalue weighted by Crippen LogP contribution is -2.36. The molecule has 0 spiro atoms. The summed E-state index contributed by atoms with van der Waals surface area (Å²) in [6, 6.07) is 0. The average molecular weight is 754 g/mol. The molecule has 0 saturated heterocycles. The van der Waals surface area contributed by atoms with Crippen LogP contribution in [0, 0.1) is 0 Å². The largest absolute Gasteiger partial charge is 0.462 e. The second-order valence-electron chi connectivity index (χ2n) is 15.5. The summed E-state index contributed by atoms with van der Waals surface area (Å²) in [5.41, 5.74) is 0. The summed E-state index contributed by atoms with van der Waals surface area (Å²) < 4.78 is 11.7. The number of thiocarbonyl (C=S) groups is 1. The standard InChI is InChI=1S/C44H87N3O4S/c1-7-11-14-18-25-31-40(10-4)50-42(48)34-26-19-16-21-28-37-47(39-30-36-45-44(52)46(5)6)38-29-22-17-20-27-35-43(49)51-41(32-23-13-9-3)33-24-15-12-8-2/h40-41H,7-39H2,1-6H3,(H,45,52). The molecule has 0 heterocycles. The number of ether oxygens (including phenoxy) is 2. The van der Waals surface area contributed by atoms with Crippen LogP contribution in [0.15, 0.2) is 0 Å². The number of nitrogens with zero attached hydrogens (tertiary/aromatic N) is 2. The number of carbonyl (C=O) groups excluding carboxylic acids is 2. The summed E-state index contributed by atoms with van der Waals surface area (Å²) in [6.45, 7) is 13.1. The second kappa shape index (κ2) is 37.9. The molecule has 0 amide bonds. The Balaban J connectivity index is 4.36. The van der Waals surface area contributed by atoms with Crippen LogP contribution in [0.1, 0.15) is 214 Å². The van der Waals surface area contributed by atoms with E-state index in [1.807, 2.05) is 19.0 Å². The predicted molar refractivity (Wildman–Crippen MR) is 227 cm³/mol. The monoisotopic (exact) mass is 754 g/mol. The lowest BCUT2D eigenvalue weighted by Gasteiger charge is -2.23. The van der Waals surface area contributed by atoms with Gasteiger partial charge in [0, 0.05) is 33.5 Å². The van der Waals surface area contributed by atoms with E-state index in [0.29, 0.717) is 12.8 Å². The number of hydrogen-bond acceptors (Lipinski definition) is 6. The molecular weight excluding hydrogens is 667 g/mol. The number of hydrogen-bond donors (Lipinski definition) is 1. The molecule has 0 rings (SSSR count). The van der Waals surface area contributed by atoms with Crippen LogP contribution in [-0.2, 0) is 19.1 Å². The number of rotatable bonds is 38. The lowest BCUT2D eigenvalue weighted by molar-refractivity contribution is -0.150. The maximum absolute atomic E-state index is 12.6. The van der Waals surface area contributed by atoms with E-state index >= 15 is 0 Å². The molecule has 0 saturated carbocycles. The fraction of sp³-hybridized carbons (Fsp3) is 0.932. The van der Waals surface area contributed by atoms with Crippen molar-refractivity contribution in [3.05, 3.63) is 0 Å². The van der Waals surface area contributed by atoms with Crippen molar-refractivity contribution >= 4 is 29.3 Å². The SMILES string of the molecule is CCCCCCCC(CC)OC(=O)CCCCCCCN(CCCCCCCC(=O)OC(CCCCC)CCCCCC)CCCNC(=S)N(C)C. The zero-order valence-corrected chi connectivity index (χ0v) is 36.2. The van der Waals surface area contributed by atoms with Crippen molar-refractivity contribution < 1.29 is 19.1 Å². The summed E-state index contributed by atoms with van der Waals surface area (Å²) in [4.78, 5) is 29.6. The molecule has 52 heavy (non-hydrogen) atoms. The fourth-order valence-electron chi connectivity index (χ4n) is 6.76. The van der Waals surface area contributed by atoms with E-state index in [1.54, 1.807) is 0 Å². The first-order chi connectivity index (χ1) is 25.3. The van der Waals surface area contributed by atoms with Gasteiger partial charge in [0.1, 0.15) is 12.2 Å². The normalized spacial score (nSPS) is 12.5. The van der Waals surface area contributed by atoms with Crippen molar-refractivity contribution in [1.29, 1.82) is 0 Å². The first kappa shape index (κ1) is 50.6. The number of esters is 2. The summed E-state index contributed by atoms with van der Waals surface area (Å²) in [7, 11) is 3.96. The van der Waals surface area contributed by atoms with E-state index < -0.39 is 0 Å². The molecule has 0 bridgehead atoms. The number of unbranched alkanes of at least 4 members (excludes halogenated alkanes) is 17. The predicted octanol–water partition coefficient (Wildman–Crippen LogP) is 11.9. The molecule has 0 aliphatic rings. The van der Waals surface area contributed by atoms with Gasteiger partial charge < -0.3 is 24.6 Å². The highest BCUT2D eigenvalue weighted by Crippen LogP contribution is 2.18. The van der Waals surface area contributed by atoms with Gasteiger partial charge in [0.15, 0.2) is 5.11 Å². The zero-order chi connectivity index (χ0) is 38.5. The molecule has 0 aromatic rings. The van der Waals surface area contributed by atoms with Crippen LogP contribution in [0.25, 0.3) is 0 Å². The molecule has 308 valence electrons. The van der Waals surface area contributed by atoms with Crippen LogP contribution < -0.4 is 5.32 Å². The van der Waals surface area contributed by atoms with Crippen LogP contribution >= 0.6 is 12.2 Å². The van der Waals surface area contributed by atoms with Gasteiger partial charge in [0.05, 0.1) is 0 Å².